The lowest BCUT2D eigenvalue weighted by Gasteiger charge is -2.00. The van der Waals surface area contributed by atoms with Crippen molar-refractivity contribution >= 4 is 9.84 Å². The average Bonchev–Trinajstić information content (AvgIpc) is 2.01. The van der Waals surface area contributed by atoms with Gasteiger partial charge >= 0.3 is 0 Å². The van der Waals surface area contributed by atoms with Crippen molar-refractivity contribution in [2.24, 2.45) is 0 Å². The molecule has 12 heavy (non-hydrogen) atoms. The Balaban J connectivity index is 3.67. The summed E-state index contributed by atoms with van der Waals surface area (Å²) in [6.07, 6.45) is 0.717. The minimum Gasteiger partial charge on any atom is -0.384 e. The summed E-state index contributed by atoms with van der Waals surface area (Å²) >= 11 is 0. The zero-order valence-corrected chi connectivity index (χ0v) is 7.93. The molecule has 0 aromatic carbocycles. The monoisotopic (exact) mass is 191 g/mol. The molecule has 5 heteroatoms. The van der Waals surface area contributed by atoms with Crippen LogP contribution < -0.4 is 0 Å². The van der Waals surface area contributed by atoms with E-state index in [4.69, 9.17) is 5.26 Å². The molecule has 4 nitrogen and oxygen atoms in total. The smallest absolute Gasteiger partial charge is 0.152 e. The second-order valence-electron chi connectivity index (χ2n) is 2.41. The number of hydrogen-bond donors (Lipinski definition) is 0. The van der Waals surface area contributed by atoms with Gasteiger partial charge in [0.15, 0.2) is 9.84 Å². The molecule has 0 aliphatic rings. The standard InChI is InChI=1S/C7H13NO3S/c1-11-5-7-12(9,10)6-3-2-4-8/h2-3,5-7H2,1H3. The third-order valence-corrected chi connectivity index (χ3v) is 3.04. The van der Waals surface area contributed by atoms with E-state index in [0.29, 0.717) is 12.8 Å². The molecule has 0 amide bonds. The van der Waals surface area contributed by atoms with Crippen LogP contribution in [0.3, 0.4) is 0 Å². The van der Waals surface area contributed by atoms with Crippen LogP contribution in [0.1, 0.15) is 12.8 Å². The SMILES string of the molecule is COCCS(=O)(=O)CCCC#N. The van der Waals surface area contributed by atoms with Crippen molar-refractivity contribution in [3.63, 3.8) is 0 Å². The molecule has 0 atom stereocenters. The molecule has 0 saturated carbocycles. The summed E-state index contributed by atoms with van der Waals surface area (Å²) in [4.78, 5) is 0. The van der Waals surface area contributed by atoms with Gasteiger partial charge in [0.1, 0.15) is 0 Å². The van der Waals surface area contributed by atoms with Crippen molar-refractivity contribution in [1.82, 2.24) is 0 Å². The minimum absolute atomic E-state index is 0.0505. The summed E-state index contributed by atoms with van der Waals surface area (Å²) in [6.45, 7) is 0.231. The van der Waals surface area contributed by atoms with E-state index in [2.05, 4.69) is 4.74 Å². The number of sulfone groups is 1. The first-order chi connectivity index (χ1) is 5.62. The highest BCUT2D eigenvalue weighted by atomic mass is 32.2. The lowest BCUT2D eigenvalue weighted by atomic mass is 10.4. The molecule has 0 saturated heterocycles. The Hall–Kier alpha value is -0.600. The van der Waals surface area contributed by atoms with Gasteiger partial charge in [0, 0.05) is 13.5 Å². The van der Waals surface area contributed by atoms with Crippen molar-refractivity contribution in [2.75, 3.05) is 25.2 Å². The topological polar surface area (TPSA) is 67.2 Å². The molecule has 0 aromatic rings. The maximum atomic E-state index is 11.1. The molecule has 0 aliphatic carbocycles. The molecule has 0 aromatic heterocycles. The Bertz CT molecular complexity index is 240. The summed E-state index contributed by atoms with van der Waals surface area (Å²) in [5.74, 6) is 0.138. The summed E-state index contributed by atoms with van der Waals surface area (Å²) in [5, 5.41) is 8.17. The van der Waals surface area contributed by atoms with Crippen LogP contribution in [-0.4, -0.2) is 33.6 Å². The van der Waals surface area contributed by atoms with E-state index >= 15 is 0 Å². The fourth-order valence-electron chi connectivity index (χ4n) is 0.684. The van der Waals surface area contributed by atoms with Crippen molar-refractivity contribution in [3.8, 4) is 6.07 Å². The zero-order chi connectivity index (χ0) is 9.45. The van der Waals surface area contributed by atoms with Crippen LogP contribution in [0.15, 0.2) is 0 Å². The van der Waals surface area contributed by atoms with E-state index in [1.54, 1.807) is 0 Å². The highest BCUT2D eigenvalue weighted by molar-refractivity contribution is 7.91. The molecule has 0 spiro atoms. The van der Waals surface area contributed by atoms with Gasteiger partial charge in [-0.05, 0) is 6.42 Å². The summed E-state index contributed by atoms with van der Waals surface area (Å²) < 4.78 is 26.8. The number of methoxy groups -OCH3 is 1. The molecular weight excluding hydrogens is 178 g/mol. The van der Waals surface area contributed by atoms with Gasteiger partial charge in [-0.1, -0.05) is 0 Å². The first kappa shape index (κ1) is 11.4. The van der Waals surface area contributed by atoms with E-state index in [0.717, 1.165) is 0 Å². The Morgan fingerprint density at radius 2 is 2.08 bits per heavy atom. The lowest BCUT2D eigenvalue weighted by Crippen LogP contribution is -2.14. The largest absolute Gasteiger partial charge is 0.384 e. The Morgan fingerprint density at radius 3 is 2.58 bits per heavy atom. The highest BCUT2D eigenvalue weighted by Gasteiger charge is 2.08. The zero-order valence-electron chi connectivity index (χ0n) is 7.12. The van der Waals surface area contributed by atoms with Crippen molar-refractivity contribution in [2.45, 2.75) is 12.8 Å². The van der Waals surface area contributed by atoms with Gasteiger partial charge in [0.2, 0.25) is 0 Å². The predicted molar refractivity (Wildman–Crippen MR) is 45.4 cm³/mol. The summed E-state index contributed by atoms with van der Waals surface area (Å²) in [7, 11) is -1.53. The van der Waals surface area contributed by atoms with Crippen LogP contribution in [0.25, 0.3) is 0 Å². The fourth-order valence-corrected chi connectivity index (χ4v) is 1.89. The second kappa shape index (κ2) is 5.98. The molecule has 0 aliphatic heterocycles. The molecule has 0 N–H and O–H groups in total. The van der Waals surface area contributed by atoms with Crippen LogP contribution in [0.4, 0.5) is 0 Å². The number of ether oxygens (including phenoxy) is 1. The van der Waals surface area contributed by atoms with Crippen LogP contribution in [-0.2, 0) is 14.6 Å². The van der Waals surface area contributed by atoms with Crippen molar-refractivity contribution < 1.29 is 13.2 Å². The number of hydrogen-bond acceptors (Lipinski definition) is 4. The lowest BCUT2D eigenvalue weighted by molar-refractivity contribution is 0.217. The Morgan fingerprint density at radius 1 is 1.42 bits per heavy atom. The van der Waals surface area contributed by atoms with Crippen LogP contribution in [0.5, 0.6) is 0 Å². The quantitative estimate of drug-likeness (QED) is 0.568. The Kier molecular flexibility index (Phi) is 5.68. The van der Waals surface area contributed by atoms with Gasteiger partial charge in [-0.15, -0.1) is 0 Å². The molecule has 0 unspecified atom stereocenters. The van der Waals surface area contributed by atoms with Gasteiger partial charge in [0.05, 0.1) is 24.2 Å². The molecule has 70 valence electrons. The number of rotatable bonds is 6. The average molecular weight is 191 g/mol. The first-order valence-electron chi connectivity index (χ1n) is 3.68. The molecule has 0 rings (SSSR count). The molecular formula is C7H13NO3S. The van der Waals surface area contributed by atoms with E-state index < -0.39 is 9.84 Å². The van der Waals surface area contributed by atoms with Gasteiger partial charge in [0.25, 0.3) is 0 Å². The van der Waals surface area contributed by atoms with E-state index in [1.807, 2.05) is 6.07 Å². The number of nitrogens with zero attached hydrogens (tertiary/aromatic N) is 1. The maximum absolute atomic E-state index is 11.1. The van der Waals surface area contributed by atoms with Gasteiger partial charge < -0.3 is 4.74 Å². The highest BCUT2D eigenvalue weighted by Crippen LogP contribution is 1.96. The molecule has 0 fully saturated rings. The summed E-state index contributed by atoms with van der Waals surface area (Å²) in [5.41, 5.74) is 0. The molecule has 0 heterocycles. The van der Waals surface area contributed by atoms with E-state index in [1.165, 1.54) is 7.11 Å². The molecule has 0 radical (unpaired) electrons. The van der Waals surface area contributed by atoms with Crippen LogP contribution in [0.2, 0.25) is 0 Å². The third kappa shape index (κ3) is 6.13. The van der Waals surface area contributed by atoms with E-state index in [-0.39, 0.29) is 18.1 Å². The van der Waals surface area contributed by atoms with Gasteiger partial charge in [-0.3, -0.25) is 0 Å². The van der Waals surface area contributed by atoms with Crippen molar-refractivity contribution in [1.29, 1.82) is 5.26 Å². The van der Waals surface area contributed by atoms with E-state index in [9.17, 15) is 8.42 Å². The molecule has 0 bridgehead atoms. The maximum Gasteiger partial charge on any atom is 0.152 e. The summed E-state index contributed by atoms with van der Waals surface area (Å²) in [6, 6.07) is 1.90. The van der Waals surface area contributed by atoms with Crippen LogP contribution in [0, 0.1) is 11.3 Å². The van der Waals surface area contributed by atoms with Gasteiger partial charge in [-0.2, -0.15) is 5.26 Å². The van der Waals surface area contributed by atoms with Gasteiger partial charge in [-0.25, -0.2) is 8.42 Å². The number of nitriles is 1. The first-order valence-corrected chi connectivity index (χ1v) is 5.51. The van der Waals surface area contributed by atoms with Crippen molar-refractivity contribution in [3.05, 3.63) is 0 Å². The number of unbranched alkanes of at least 4 members (excludes halogenated alkanes) is 1. The third-order valence-electron chi connectivity index (χ3n) is 1.34. The normalized spacial score (nSPS) is 11.0. The Labute approximate surface area is 73.1 Å². The second-order valence-corrected chi connectivity index (χ2v) is 4.71. The predicted octanol–water partition coefficient (Wildman–Crippen LogP) is 0.351. The van der Waals surface area contributed by atoms with Crippen LogP contribution >= 0.6 is 0 Å². The fraction of sp³-hybridized carbons (Fsp3) is 0.857. The minimum atomic E-state index is -2.99.